The monoisotopic (exact) mass is 354 g/mol. The van der Waals surface area contributed by atoms with Crippen molar-refractivity contribution in [2.75, 3.05) is 26.2 Å². The molecule has 1 aliphatic rings. The Labute approximate surface area is 146 Å². The summed E-state index contributed by atoms with van der Waals surface area (Å²) >= 11 is 0. The average Bonchev–Trinajstić information content (AvgIpc) is 2.86. The van der Waals surface area contributed by atoms with Crippen molar-refractivity contribution in [3.05, 3.63) is 29.8 Å². The van der Waals surface area contributed by atoms with Crippen LogP contribution < -0.4 is 4.74 Å². The molecule has 0 unspecified atom stereocenters. The van der Waals surface area contributed by atoms with Crippen LogP contribution in [0.3, 0.4) is 0 Å². The van der Waals surface area contributed by atoms with Gasteiger partial charge in [-0.3, -0.25) is 9.59 Å². The van der Waals surface area contributed by atoms with Crippen molar-refractivity contribution < 1.29 is 23.1 Å². The number of carbonyl (C=O) groups excluding carboxylic acids is 2. The van der Waals surface area contributed by atoms with Gasteiger partial charge in [-0.2, -0.15) is 8.78 Å². The standard InChI is InChI=1S/C18H24F2N2O3/c1-2-16(23)21-10-3-11-22(13-12-21)17(24)9-6-14-4-7-15(8-5-14)25-18(19)20/h4-5,7-8,18H,2-3,6,9-13H2,1H3. The van der Waals surface area contributed by atoms with Crippen LogP contribution in [0, 0.1) is 0 Å². The van der Waals surface area contributed by atoms with E-state index in [0.717, 1.165) is 12.0 Å². The number of amides is 2. The quantitative estimate of drug-likeness (QED) is 0.789. The molecule has 25 heavy (non-hydrogen) atoms. The molecule has 0 aromatic heterocycles. The van der Waals surface area contributed by atoms with Crippen molar-refractivity contribution >= 4 is 11.8 Å². The van der Waals surface area contributed by atoms with Crippen molar-refractivity contribution in [3.8, 4) is 5.75 Å². The predicted octanol–water partition coefficient (Wildman–Crippen LogP) is 2.69. The van der Waals surface area contributed by atoms with E-state index in [1.165, 1.54) is 12.1 Å². The summed E-state index contributed by atoms with van der Waals surface area (Å²) in [6, 6.07) is 6.34. The lowest BCUT2D eigenvalue weighted by Gasteiger charge is -2.22. The Balaban J connectivity index is 1.80. The van der Waals surface area contributed by atoms with E-state index >= 15 is 0 Å². The second-order valence-corrected chi connectivity index (χ2v) is 5.99. The number of hydrogen-bond acceptors (Lipinski definition) is 3. The first-order valence-corrected chi connectivity index (χ1v) is 8.59. The van der Waals surface area contributed by atoms with E-state index in [2.05, 4.69) is 4.74 Å². The van der Waals surface area contributed by atoms with Crippen LogP contribution in [0.15, 0.2) is 24.3 Å². The SMILES string of the molecule is CCC(=O)N1CCCN(C(=O)CCc2ccc(OC(F)F)cc2)CC1. The highest BCUT2D eigenvalue weighted by molar-refractivity contribution is 5.77. The van der Waals surface area contributed by atoms with E-state index < -0.39 is 6.61 Å². The molecule has 0 spiro atoms. The molecule has 1 aromatic carbocycles. The fourth-order valence-electron chi connectivity index (χ4n) is 2.89. The normalized spacial score (nSPS) is 15.2. The minimum atomic E-state index is -2.84. The highest BCUT2D eigenvalue weighted by Gasteiger charge is 2.20. The van der Waals surface area contributed by atoms with Gasteiger partial charge in [-0.15, -0.1) is 0 Å². The van der Waals surface area contributed by atoms with E-state index in [1.807, 2.05) is 11.8 Å². The van der Waals surface area contributed by atoms with Gasteiger partial charge in [0.1, 0.15) is 5.75 Å². The summed E-state index contributed by atoms with van der Waals surface area (Å²) < 4.78 is 28.5. The zero-order chi connectivity index (χ0) is 18.2. The van der Waals surface area contributed by atoms with Gasteiger partial charge in [-0.25, -0.2) is 0 Å². The van der Waals surface area contributed by atoms with Crippen LogP contribution in [0.5, 0.6) is 5.75 Å². The molecule has 1 aliphatic heterocycles. The molecule has 0 saturated carbocycles. The Hall–Kier alpha value is -2.18. The van der Waals surface area contributed by atoms with Gasteiger partial charge >= 0.3 is 6.61 Å². The average molecular weight is 354 g/mol. The lowest BCUT2D eigenvalue weighted by atomic mass is 10.1. The Morgan fingerprint density at radius 1 is 1.04 bits per heavy atom. The van der Waals surface area contributed by atoms with Gasteiger partial charge in [-0.1, -0.05) is 19.1 Å². The van der Waals surface area contributed by atoms with Crippen LogP contribution in [-0.4, -0.2) is 54.4 Å². The molecule has 1 aromatic rings. The first kappa shape index (κ1) is 19.1. The maximum absolute atomic E-state index is 12.4. The Morgan fingerprint density at radius 2 is 1.64 bits per heavy atom. The number of carbonyl (C=O) groups is 2. The van der Waals surface area contributed by atoms with E-state index in [-0.39, 0.29) is 17.6 Å². The summed E-state index contributed by atoms with van der Waals surface area (Å²) in [5.74, 6) is 0.289. The molecule has 5 nitrogen and oxygen atoms in total. The summed E-state index contributed by atoms with van der Waals surface area (Å²) in [5, 5.41) is 0. The molecular weight excluding hydrogens is 330 g/mol. The molecule has 0 bridgehead atoms. The van der Waals surface area contributed by atoms with E-state index in [0.29, 0.717) is 45.4 Å². The van der Waals surface area contributed by atoms with Crippen molar-refractivity contribution in [1.29, 1.82) is 0 Å². The minimum Gasteiger partial charge on any atom is -0.435 e. The molecule has 0 N–H and O–H groups in total. The fourth-order valence-corrected chi connectivity index (χ4v) is 2.89. The molecule has 1 heterocycles. The third kappa shape index (κ3) is 5.99. The van der Waals surface area contributed by atoms with Gasteiger partial charge in [0.2, 0.25) is 11.8 Å². The lowest BCUT2D eigenvalue weighted by Crippen LogP contribution is -2.37. The zero-order valence-electron chi connectivity index (χ0n) is 14.4. The maximum atomic E-state index is 12.4. The molecule has 2 rings (SSSR count). The number of alkyl halides is 2. The van der Waals surface area contributed by atoms with Gasteiger partial charge in [0.15, 0.2) is 0 Å². The van der Waals surface area contributed by atoms with Gasteiger partial charge in [0, 0.05) is 39.0 Å². The maximum Gasteiger partial charge on any atom is 0.387 e. The largest absolute Gasteiger partial charge is 0.435 e. The minimum absolute atomic E-state index is 0.0544. The van der Waals surface area contributed by atoms with Crippen molar-refractivity contribution in [3.63, 3.8) is 0 Å². The van der Waals surface area contributed by atoms with Crippen LogP contribution in [-0.2, 0) is 16.0 Å². The summed E-state index contributed by atoms with van der Waals surface area (Å²) in [5.41, 5.74) is 0.896. The van der Waals surface area contributed by atoms with Crippen molar-refractivity contribution in [1.82, 2.24) is 9.80 Å². The van der Waals surface area contributed by atoms with Gasteiger partial charge < -0.3 is 14.5 Å². The molecule has 0 atom stereocenters. The second kappa shape index (κ2) is 9.34. The number of hydrogen-bond donors (Lipinski definition) is 0. The molecule has 0 aliphatic carbocycles. The van der Waals surface area contributed by atoms with Crippen LogP contribution in [0.4, 0.5) is 8.78 Å². The van der Waals surface area contributed by atoms with Crippen LogP contribution in [0.25, 0.3) is 0 Å². The number of ether oxygens (including phenoxy) is 1. The first-order chi connectivity index (χ1) is 12.0. The molecule has 0 radical (unpaired) electrons. The summed E-state index contributed by atoms with van der Waals surface area (Å²) in [6.07, 6.45) is 2.18. The predicted molar refractivity (Wildman–Crippen MR) is 89.5 cm³/mol. The third-order valence-electron chi connectivity index (χ3n) is 4.28. The number of benzene rings is 1. The van der Waals surface area contributed by atoms with Crippen molar-refractivity contribution in [2.45, 2.75) is 39.2 Å². The molecule has 1 saturated heterocycles. The molecule has 2 amide bonds. The van der Waals surface area contributed by atoms with Gasteiger partial charge in [0.05, 0.1) is 0 Å². The number of rotatable bonds is 6. The van der Waals surface area contributed by atoms with Crippen LogP contribution >= 0.6 is 0 Å². The Bertz CT molecular complexity index is 578. The summed E-state index contributed by atoms with van der Waals surface area (Å²) in [7, 11) is 0. The Morgan fingerprint density at radius 3 is 2.20 bits per heavy atom. The fraction of sp³-hybridized carbons (Fsp3) is 0.556. The van der Waals surface area contributed by atoms with Crippen molar-refractivity contribution in [2.24, 2.45) is 0 Å². The Kier molecular flexibility index (Phi) is 7.16. The van der Waals surface area contributed by atoms with E-state index in [1.54, 1.807) is 17.0 Å². The highest BCUT2D eigenvalue weighted by Crippen LogP contribution is 2.16. The van der Waals surface area contributed by atoms with Gasteiger partial charge in [-0.05, 0) is 30.5 Å². The highest BCUT2D eigenvalue weighted by atomic mass is 19.3. The number of aryl methyl sites for hydroxylation is 1. The molecule has 7 heteroatoms. The first-order valence-electron chi connectivity index (χ1n) is 8.59. The van der Waals surface area contributed by atoms with Crippen LogP contribution in [0.2, 0.25) is 0 Å². The van der Waals surface area contributed by atoms with Crippen LogP contribution in [0.1, 0.15) is 31.7 Å². The third-order valence-corrected chi connectivity index (χ3v) is 4.28. The van der Waals surface area contributed by atoms with E-state index in [9.17, 15) is 18.4 Å². The van der Waals surface area contributed by atoms with E-state index in [4.69, 9.17) is 0 Å². The second-order valence-electron chi connectivity index (χ2n) is 5.99. The summed E-state index contributed by atoms with van der Waals surface area (Å²) in [6.45, 7) is 1.50. The molecule has 1 fully saturated rings. The van der Waals surface area contributed by atoms with Gasteiger partial charge in [0.25, 0.3) is 0 Å². The lowest BCUT2D eigenvalue weighted by molar-refractivity contribution is -0.133. The summed E-state index contributed by atoms with van der Waals surface area (Å²) in [4.78, 5) is 27.8. The molecular formula is C18H24F2N2O3. The zero-order valence-corrected chi connectivity index (χ0v) is 14.4. The number of halogens is 2. The number of nitrogens with zero attached hydrogens (tertiary/aromatic N) is 2. The topological polar surface area (TPSA) is 49.9 Å². The smallest absolute Gasteiger partial charge is 0.387 e. The molecule has 138 valence electrons.